The largest absolute Gasteiger partial charge is 0.450 e. The molecule has 168 valence electrons. The van der Waals surface area contributed by atoms with Crippen LogP contribution in [0.4, 0.5) is 10.6 Å². The summed E-state index contributed by atoms with van der Waals surface area (Å²) in [5.41, 5.74) is 1.51. The Morgan fingerprint density at radius 2 is 2.10 bits per heavy atom. The Kier molecular flexibility index (Phi) is 5.50. The van der Waals surface area contributed by atoms with Gasteiger partial charge in [-0.3, -0.25) is 9.69 Å². The summed E-state index contributed by atoms with van der Waals surface area (Å²) in [4.78, 5) is 35.2. The molecule has 5 rings (SSSR count). The van der Waals surface area contributed by atoms with Gasteiger partial charge in [-0.2, -0.15) is 0 Å². The number of ether oxygens (including phenoxy) is 1. The predicted molar refractivity (Wildman–Crippen MR) is 117 cm³/mol. The first kappa shape index (κ1) is 20.5. The van der Waals surface area contributed by atoms with Crippen LogP contribution in [-0.2, 0) is 9.53 Å². The molecule has 4 aliphatic rings. The lowest BCUT2D eigenvalue weighted by molar-refractivity contribution is -0.119. The number of rotatable bonds is 4. The number of amides is 2. The fourth-order valence-corrected chi connectivity index (χ4v) is 6.00. The van der Waals surface area contributed by atoms with Crippen molar-refractivity contribution >= 4 is 17.8 Å². The highest BCUT2D eigenvalue weighted by molar-refractivity contribution is 5.80. The summed E-state index contributed by atoms with van der Waals surface area (Å²) in [6.07, 6.45) is 5.89. The summed E-state index contributed by atoms with van der Waals surface area (Å²) in [5, 5.41) is 2.95. The topological polar surface area (TPSA) is 78.0 Å². The molecule has 1 aromatic heterocycles. The molecule has 1 unspecified atom stereocenters. The van der Waals surface area contributed by atoms with Crippen LogP contribution in [0.25, 0.3) is 0 Å². The first-order chi connectivity index (χ1) is 15.1. The third kappa shape index (κ3) is 3.97. The van der Waals surface area contributed by atoms with Crippen molar-refractivity contribution in [3.63, 3.8) is 0 Å². The van der Waals surface area contributed by atoms with Gasteiger partial charge in [0.25, 0.3) is 0 Å². The van der Waals surface area contributed by atoms with Crippen LogP contribution in [0.1, 0.15) is 44.1 Å². The number of hydrogen-bond acceptors (Lipinski definition) is 6. The first-order valence-corrected chi connectivity index (χ1v) is 11.7. The summed E-state index contributed by atoms with van der Waals surface area (Å²) < 4.78 is 5.14. The second kappa shape index (κ2) is 8.30. The Morgan fingerprint density at radius 1 is 1.29 bits per heavy atom. The Balaban J connectivity index is 1.16. The Morgan fingerprint density at radius 3 is 2.81 bits per heavy atom. The number of pyridine rings is 1. The van der Waals surface area contributed by atoms with Gasteiger partial charge in [-0.05, 0) is 32.3 Å². The van der Waals surface area contributed by atoms with Crippen molar-refractivity contribution in [3.8, 4) is 0 Å². The predicted octanol–water partition coefficient (Wildman–Crippen LogP) is 1.82. The second-order valence-electron chi connectivity index (χ2n) is 9.60. The lowest BCUT2D eigenvalue weighted by Gasteiger charge is -2.48. The Hall–Kier alpha value is -2.35. The zero-order chi connectivity index (χ0) is 21.4. The minimum atomic E-state index is -0.157. The molecule has 3 saturated heterocycles. The van der Waals surface area contributed by atoms with Gasteiger partial charge in [0, 0.05) is 81.4 Å². The van der Waals surface area contributed by atoms with E-state index in [4.69, 9.17) is 9.72 Å². The number of aromatic nitrogens is 1. The maximum atomic E-state index is 11.9. The van der Waals surface area contributed by atoms with Crippen molar-refractivity contribution in [1.82, 2.24) is 20.1 Å². The fraction of sp³-hybridized carbons (Fsp3) is 0.696. The summed E-state index contributed by atoms with van der Waals surface area (Å²) in [6, 6.07) is 4.73. The van der Waals surface area contributed by atoms with Gasteiger partial charge in [0.1, 0.15) is 5.82 Å². The first-order valence-electron chi connectivity index (χ1n) is 11.7. The molecule has 0 aromatic carbocycles. The molecule has 2 amide bonds. The quantitative estimate of drug-likeness (QED) is 0.790. The van der Waals surface area contributed by atoms with E-state index in [2.05, 4.69) is 21.2 Å². The molecular formula is C23H33N5O3. The highest BCUT2D eigenvalue weighted by Crippen LogP contribution is 2.47. The smallest absolute Gasteiger partial charge is 0.409 e. The van der Waals surface area contributed by atoms with Crippen molar-refractivity contribution in [2.45, 2.75) is 44.6 Å². The maximum absolute atomic E-state index is 11.9. The van der Waals surface area contributed by atoms with Crippen LogP contribution < -0.4 is 10.2 Å². The zero-order valence-corrected chi connectivity index (χ0v) is 18.4. The van der Waals surface area contributed by atoms with E-state index in [1.54, 1.807) is 0 Å². The normalized spacial score (nSPS) is 28.0. The van der Waals surface area contributed by atoms with E-state index in [1.807, 2.05) is 24.1 Å². The lowest BCUT2D eigenvalue weighted by atomic mass is 9.78. The average molecular weight is 428 g/mol. The van der Waals surface area contributed by atoms with Gasteiger partial charge in [0.05, 0.1) is 6.61 Å². The van der Waals surface area contributed by atoms with Gasteiger partial charge < -0.3 is 19.9 Å². The molecule has 4 heterocycles. The lowest BCUT2D eigenvalue weighted by Crippen LogP contribution is -2.58. The van der Waals surface area contributed by atoms with E-state index < -0.39 is 0 Å². The third-order valence-corrected chi connectivity index (χ3v) is 7.62. The minimum absolute atomic E-state index is 0.136. The summed E-state index contributed by atoms with van der Waals surface area (Å²) in [5.74, 6) is 1.41. The van der Waals surface area contributed by atoms with Crippen molar-refractivity contribution in [2.75, 3.05) is 57.3 Å². The maximum Gasteiger partial charge on any atom is 0.409 e. The van der Waals surface area contributed by atoms with Gasteiger partial charge in [-0.1, -0.05) is 6.07 Å². The molecule has 1 spiro atoms. The molecule has 1 aliphatic carbocycles. The number of anilines is 1. The van der Waals surface area contributed by atoms with Crippen molar-refractivity contribution < 1.29 is 14.3 Å². The Bertz CT molecular complexity index is 832. The Labute approximate surface area is 183 Å². The molecule has 0 radical (unpaired) electrons. The zero-order valence-electron chi connectivity index (χ0n) is 18.4. The molecule has 0 bridgehead atoms. The number of nitrogens with one attached hydrogen (secondary N) is 1. The highest BCUT2D eigenvalue weighted by Gasteiger charge is 2.51. The highest BCUT2D eigenvalue weighted by atomic mass is 16.6. The number of likely N-dealkylation sites (tertiary alicyclic amines) is 1. The molecule has 1 N–H and O–H groups in total. The molecule has 4 fully saturated rings. The van der Waals surface area contributed by atoms with E-state index in [0.717, 1.165) is 45.1 Å². The van der Waals surface area contributed by atoms with Crippen LogP contribution >= 0.6 is 0 Å². The van der Waals surface area contributed by atoms with Gasteiger partial charge in [-0.25, -0.2) is 9.78 Å². The van der Waals surface area contributed by atoms with Crippen molar-refractivity contribution in [2.24, 2.45) is 5.41 Å². The molecule has 3 aliphatic heterocycles. The number of piperazine rings is 1. The molecule has 1 saturated carbocycles. The van der Waals surface area contributed by atoms with E-state index in [-0.39, 0.29) is 17.9 Å². The fourth-order valence-electron chi connectivity index (χ4n) is 6.00. The van der Waals surface area contributed by atoms with Crippen LogP contribution in [-0.4, -0.2) is 85.2 Å². The second-order valence-corrected chi connectivity index (χ2v) is 9.60. The molecule has 31 heavy (non-hydrogen) atoms. The van der Waals surface area contributed by atoms with Crippen LogP contribution in [0.3, 0.4) is 0 Å². The van der Waals surface area contributed by atoms with Crippen LogP contribution in [0, 0.1) is 5.41 Å². The number of hydrogen-bond donors (Lipinski definition) is 1. The van der Waals surface area contributed by atoms with E-state index in [1.165, 1.54) is 24.8 Å². The molecule has 2 atom stereocenters. The summed E-state index contributed by atoms with van der Waals surface area (Å²) in [7, 11) is 0. The van der Waals surface area contributed by atoms with Gasteiger partial charge in [0.15, 0.2) is 0 Å². The van der Waals surface area contributed by atoms with E-state index in [0.29, 0.717) is 31.0 Å². The van der Waals surface area contributed by atoms with Gasteiger partial charge in [-0.15, -0.1) is 0 Å². The number of nitrogens with zero attached hydrogens (tertiary/aromatic N) is 4. The number of carbonyl (C=O) groups excluding carboxylic acids is 2. The van der Waals surface area contributed by atoms with Gasteiger partial charge >= 0.3 is 6.09 Å². The van der Waals surface area contributed by atoms with Crippen LogP contribution in [0.2, 0.25) is 0 Å². The van der Waals surface area contributed by atoms with Gasteiger partial charge in [0.2, 0.25) is 5.91 Å². The van der Waals surface area contributed by atoms with Crippen molar-refractivity contribution in [3.05, 3.63) is 23.9 Å². The molecule has 8 heteroatoms. The summed E-state index contributed by atoms with van der Waals surface area (Å²) in [6.45, 7) is 8.75. The van der Waals surface area contributed by atoms with E-state index >= 15 is 0 Å². The third-order valence-electron chi connectivity index (χ3n) is 7.62. The molecule has 8 nitrogen and oxygen atoms in total. The summed E-state index contributed by atoms with van der Waals surface area (Å²) >= 11 is 0. The monoisotopic (exact) mass is 427 g/mol. The number of carbonyl (C=O) groups is 2. The minimum Gasteiger partial charge on any atom is -0.450 e. The van der Waals surface area contributed by atoms with Crippen LogP contribution in [0.15, 0.2) is 18.3 Å². The SMILES string of the molecule is CCOC(=O)N1CC2(CC[C@@H](N3CCN(c4ncccc4C4CNC(=O)C4)CC3)C2)C1. The average Bonchev–Trinajstić information content (AvgIpc) is 3.40. The van der Waals surface area contributed by atoms with Crippen molar-refractivity contribution in [1.29, 1.82) is 0 Å². The molecular weight excluding hydrogens is 394 g/mol. The van der Waals surface area contributed by atoms with Crippen LogP contribution in [0.5, 0.6) is 0 Å². The standard InChI is InChI=1S/C23H33N5O3/c1-2-31-22(30)28-15-23(16-28)6-5-18(13-23)26-8-10-27(11-9-26)21-19(4-3-7-24-21)17-12-20(29)25-14-17/h3-4,7,17-18H,2,5-6,8-16H2,1H3,(H,25,29)/t17?,18-/m1/s1. The molecule has 1 aromatic rings. The van der Waals surface area contributed by atoms with E-state index in [9.17, 15) is 9.59 Å².